The SMILES string of the molecule is [2H]c1c([2H])c([2H])c(-c2nc(-c3ccccc3-c3ccccc3)nc(-c3cc(-n4c5ccccc5c5ccccc54)cc4c3oc3cccc(-c5ccc(-c6ccccc6)cc5)c34)n2)c([2H])c1[2H]. The van der Waals surface area contributed by atoms with Crippen LogP contribution in [0.3, 0.4) is 0 Å². The number of furan rings is 1. The largest absolute Gasteiger partial charge is 0.455 e. The Labute approximate surface area is 364 Å². The summed E-state index contributed by atoms with van der Waals surface area (Å²) in [4.78, 5) is 15.3. The lowest BCUT2D eigenvalue weighted by molar-refractivity contribution is 0.669. The van der Waals surface area contributed by atoms with Gasteiger partial charge in [0.25, 0.3) is 0 Å². The molecule has 3 heterocycles. The Morgan fingerprint density at radius 2 is 0.919 bits per heavy atom. The van der Waals surface area contributed by atoms with Crippen molar-refractivity contribution in [2.24, 2.45) is 0 Å². The first-order valence-electron chi connectivity index (χ1n) is 22.9. The number of nitrogens with zero attached hydrogens (tertiary/aromatic N) is 4. The molecule has 0 unspecified atom stereocenters. The quantitative estimate of drug-likeness (QED) is 0.161. The van der Waals surface area contributed by atoms with Gasteiger partial charge in [-0.1, -0.05) is 188 Å². The molecule has 12 rings (SSSR count). The minimum absolute atomic E-state index is 0.0643. The summed E-state index contributed by atoms with van der Waals surface area (Å²) in [5.41, 5.74) is 11.1. The number of hydrogen-bond acceptors (Lipinski definition) is 4. The number of hydrogen-bond donors (Lipinski definition) is 0. The molecule has 3 aromatic heterocycles. The van der Waals surface area contributed by atoms with E-state index in [0.717, 1.165) is 71.6 Å². The lowest BCUT2D eigenvalue weighted by atomic mass is 9.96. The first-order valence-corrected chi connectivity index (χ1v) is 20.4. The highest BCUT2D eigenvalue weighted by Crippen LogP contribution is 2.44. The standard InChI is InChI=1S/C57H36N4O/c1-4-17-37(18-5-1)38-31-33-40(34-32-38)44-27-16-30-52-53(44)48-35-42(61-50-28-14-12-24-45(50)46-25-13-15-29-51(46)61)36-49(54(48)62-52)57-59-55(41-21-8-3-9-22-41)58-56(60-57)47-26-11-10-23-43(47)39-19-6-2-7-20-39/h1-36H/i3D,8D,9D,21D,22D. The molecule has 290 valence electrons. The highest BCUT2D eigenvalue weighted by Gasteiger charge is 2.23. The van der Waals surface area contributed by atoms with Gasteiger partial charge >= 0.3 is 0 Å². The average Bonchev–Trinajstić information content (AvgIpc) is 3.94. The molecule has 0 saturated carbocycles. The molecule has 62 heavy (non-hydrogen) atoms. The van der Waals surface area contributed by atoms with Gasteiger partial charge in [-0.05, 0) is 63.7 Å². The molecule has 0 aliphatic carbocycles. The molecule has 0 bridgehead atoms. The van der Waals surface area contributed by atoms with E-state index in [1.165, 1.54) is 0 Å². The first kappa shape index (κ1) is 30.6. The zero-order valence-corrected chi connectivity index (χ0v) is 33.1. The molecule has 0 aliphatic rings. The summed E-state index contributed by atoms with van der Waals surface area (Å²) in [6.45, 7) is 0. The fraction of sp³-hybridized carbons (Fsp3) is 0. The van der Waals surface area contributed by atoms with Crippen LogP contribution in [0.25, 0.3) is 117 Å². The van der Waals surface area contributed by atoms with Gasteiger partial charge in [0.1, 0.15) is 11.2 Å². The number of aromatic nitrogens is 4. The second-order valence-electron chi connectivity index (χ2n) is 15.2. The molecule has 5 nitrogen and oxygen atoms in total. The minimum Gasteiger partial charge on any atom is -0.455 e. The molecule has 9 aromatic carbocycles. The summed E-state index contributed by atoms with van der Waals surface area (Å²) in [7, 11) is 0. The Morgan fingerprint density at radius 3 is 1.63 bits per heavy atom. The van der Waals surface area contributed by atoms with Gasteiger partial charge in [-0.15, -0.1) is 0 Å². The van der Waals surface area contributed by atoms with Crippen molar-refractivity contribution in [3.63, 3.8) is 0 Å². The molecule has 0 radical (unpaired) electrons. The molecule has 0 atom stereocenters. The third kappa shape index (κ3) is 5.98. The Kier molecular flexibility index (Phi) is 7.25. The van der Waals surface area contributed by atoms with Crippen LogP contribution in [0, 0.1) is 0 Å². The highest BCUT2D eigenvalue weighted by molar-refractivity contribution is 6.17. The molecule has 0 N–H and O–H groups in total. The Morgan fingerprint density at radius 1 is 0.387 bits per heavy atom. The van der Waals surface area contributed by atoms with Gasteiger partial charge in [0, 0.05) is 38.4 Å². The minimum atomic E-state index is -0.504. The van der Waals surface area contributed by atoms with E-state index >= 15 is 0 Å². The molecule has 0 saturated heterocycles. The number of para-hydroxylation sites is 2. The Hall–Kier alpha value is -8.41. The highest BCUT2D eigenvalue weighted by atomic mass is 16.3. The molecule has 0 amide bonds. The first-order chi connectivity index (χ1) is 32.8. The van der Waals surface area contributed by atoms with Gasteiger partial charge < -0.3 is 8.98 Å². The molecule has 0 spiro atoms. The van der Waals surface area contributed by atoms with Gasteiger partial charge in [-0.3, -0.25) is 0 Å². The maximum absolute atomic E-state index is 9.06. The van der Waals surface area contributed by atoms with Gasteiger partial charge in [0.15, 0.2) is 17.5 Å². The van der Waals surface area contributed by atoms with E-state index in [9.17, 15) is 0 Å². The van der Waals surface area contributed by atoms with E-state index in [1.807, 2.05) is 115 Å². The smallest absolute Gasteiger partial charge is 0.167 e. The fourth-order valence-corrected chi connectivity index (χ4v) is 8.76. The molecular formula is C57H36N4O. The topological polar surface area (TPSA) is 56.7 Å². The van der Waals surface area contributed by atoms with Gasteiger partial charge in [-0.25, -0.2) is 15.0 Å². The van der Waals surface area contributed by atoms with Crippen molar-refractivity contribution in [2.75, 3.05) is 0 Å². The lowest BCUT2D eigenvalue weighted by Crippen LogP contribution is -2.02. The summed E-state index contributed by atoms with van der Waals surface area (Å²) < 4.78 is 53.0. The third-order valence-corrected chi connectivity index (χ3v) is 11.6. The zero-order valence-electron chi connectivity index (χ0n) is 38.1. The van der Waals surface area contributed by atoms with Gasteiger partial charge in [-0.2, -0.15) is 0 Å². The van der Waals surface area contributed by atoms with Crippen LogP contribution in [0.5, 0.6) is 0 Å². The lowest BCUT2D eigenvalue weighted by Gasteiger charge is -2.14. The van der Waals surface area contributed by atoms with Crippen LogP contribution in [0.15, 0.2) is 223 Å². The van der Waals surface area contributed by atoms with Crippen molar-refractivity contribution in [3.05, 3.63) is 218 Å². The fourth-order valence-electron chi connectivity index (χ4n) is 8.76. The van der Waals surface area contributed by atoms with Crippen molar-refractivity contribution < 1.29 is 11.3 Å². The summed E-state index contributed by atoms with van der Waals surface area (Å²) in [6.07, 6.45) is 0. The Bertz CT molecular complexity index is 3840. The Balaban J connectivity index is 1.18. The number of benzene rings is 9. The van der Waals surface area contributed by atoms with Gasteiger partial charge in [0.05, 0.1) is 23.5 Å². The van der Waals surface area contributed by atoms with Crippen molar-refractivity contribution in [1.82, 2.24) is 19.5 Å². The monoisotopic (exact) mass is 797 g/mol. The normalized spacial score (nSPS) is 12.7. The van der Waals surface area contributed by atoms with Crippen molar-refractivity contribution in [2.45, 2.75) is 0 Å². The second kappa shape index (κ2) is 14.7. The van der Waals surface area contributed by atoms with Crippen LogP contribution in [0.1, 0.15) is 6.85 Å². The average molecular weight is 798 g/mol. The van der Waals surface area contributed by atoms with E-state index in [-0.39, 0.29) is 23.0 Å². The molecule has 5 heteroatoms. The van der Waals surface area contributed by atoms with E-state index in [0.29, 0.717) is 22.3 Å². The maximum Gasteiger partial charge on any atom is 0.167 e. The van der Waals surface area contributed by atoms with Crippen LogP contribution >= 0.6 is 0 Å². The van der Waals surface area contributed by atoms with Crippen LogP contribution in [0.4, 0.5) is 0 Å². The van der Waals surface area contributed by atoms with Crippen LogP contribution < -0.4 is 0 Å². The van der Waals surface area contributed by atoms with E-state index in [1.54, 1.807) is 0 Å². The third-order valence-electron chi connectivity index (χ3n) is 11.6. The van der Waals surface area contributed by atoms with Crippen LogP contribution in [-0.4, -0.2) is 19.5 Å². The molecular weight excluding hydrogens is 757 g/mol. The second-order valence-corrected chi connectivity index (χ2v) is 15.2. The van der Waals surface area contributed by atoms with Gasteiger partial charge in [0.2, 0.25) is 0 Å². The van der Waals surface area contributed by atoms with E-state index in [4.69, 9.17) is 26.2 Å². The van der Waals surface area contributed by atoms with E-state index < -0.39 is 30.2 Å². The summed E-state index contributed by atoms with van der Waals surface area (Å²) in [5, 5.41) is 3.92. The molecule has 0 aliphatic heterocycles. The summed E-state index contributed by atoms with van der Waals surface area (Å²) in [5.74, 6) is 0.401. The zero-order chi connectivity index (χ0) is 45.3. The predicted molar refractivity (Wildman–Crippen MR) is 254 cm³/mol. The number of fused-ring (bicyclic) bond motifs is 6. The summed E-state index contributed by atoms with van der Waals surface area (Å²) in [6, 6.07) is 61.2. The number of rotatable bonds is 7. The van der Waals surface area contributed by atoms with Crippen molar-refractivity contribution >= 4 is 43.7 Å². The van der Waals surface area contributed by atoms with E-state index in [2.05, 4.69) is 77.4 Å². The van der Waals surface area contributed by atoms with Crippen LogP contribution in [0.2, 0.25) is 0 Å². The van der Waals surface area contributed by atoms with Crippen molar-refractivity contribution in [3.8, 4) is 73.2 Å². The maximum atomic E-state index is 9.06. The van der Waals surface area contributed by atoms with Crippen LogP contribution in [-0.2, 0) is 0 Å². The molecule has 0 fully saturated rings. The predicted octanol–water partition coefficient (Wildman–Crippen LogP) is 14.9. The van der Waals surface area contributed by atoms with Crippen molar-refractivity contribution in [1.29, 1.82) is 0 Å². The summed E-state index contributed by atoms with van der Waals surface area (Å²) >= 11 is 0. The molecule has 12 aromatic rings.